The Labute approximate surface area is 96.6 Å². The van der Waals surface area contributed by atoms with Gasteiger partial charge in [0.1, 0.15) is 0 Å². The molecule has 1 saturated heterocycles. The molecule has 0 aromatic heterocycles. The van der Waals surface area contributed by atoms with Gasteiger partial charge in [0.2, 0.25) is 0 Å². The lowest BCUT2D eigenvalue weighted by Gasteiger charge is -2.24. The first-order valence-electron chi connectivity index (χ1n) is 5.72. The Kier molecular flexibility index (Phi) is 3.59. The smallest absolute Gasteiger partial charge is 0.0969 e. The Morgan fingerprint density at radius 2 is 2.00 bits per heavy atom. The molecule has 1 aliphatic rings. The first-order valence-corrected chi connectivity index (χ1v) is 5.72. The van der Waals surface area contributed by atoms with Gasteiger partial charge < -0.3 is 9.84 Å². The van der Waals surface area contributed by atoms with E-state index in [9.17, 15) is 5.11 Å². The molecule has 1 aliphatic heterocycles. The van der Waals surface area contributed by atoms with E-state index in [1.165, 1.54) is 5.56 Å². The van der Waals surface area contributed by atoms with Gasteiger partial charge in [0.05, 0.1) is 12.2 Å². The highest BCUT2D eigenvalue weighted by Gasteiger charge is 2.33. The third kappa shape index (κ3) is 2.26. The van der Waals surface area contributed by atoms with Crippen LogP contribution in [0, 0.1) is 0 Å². The summed E-state index contributed by atoms with van der Waals surface area (Å²) in [6, 6.07) is 10.7. The number of methoxy groups -OCH3 is 1. The maximum absolute atomic E-state index is 9.79. The molecule has 1 heterocycles. The largest absolute Gasteiger partial charge is 0.389 e. The van der Waals surface area contributed by atoms with Crippen LogP contribution in [0.25, 0.3) is 0 Å². The summed E-state index contributed by atoms with van der Waals surface area (Å²) in [5.41, 5.74) is 1.28. The van der Waals surface area contributed by atoms with Crippen LogP contribution in [-0.4, -0.2) is 42.4 Å². The van der Waals surface area contributed by atoms with Crippen LogP contribution in [0.4, 0.5) is 0 Å². The van der Waals surface area contributed by atoms with E-state index in [0.29, 0.717) is 12.6 Å². The molecular weight excluding hydrogens is 202 g/mol. The van der Waals surface area contributed by atoms with Crippen molar-refractivity contribution in [1.82, 2.24) is 4.90 Å². The number of hydrogen-bond donors (Lipinski definition) is 1. The summed E-state index contributed by atoms with van der Waals surface area (Å²) in [6.45, 7) is 3.66. The first kappa shape index (κ1) is 11.6. The number of β-amino-alcohol motifs (C(OH)–C–C–N with tert-alkyl or cyclic N) is 1. The van der Waals surface area contributed by atoms with Crippen LogP contribution in [0.5, 0.6) is 0 Å². The second kappa shape index (κ2) is 4.95. The van der Waals surface area contributed by atoms with Crippen LogP contribution in [-0.2, 0) is 4.74 Å². The maximum atomic E-state index is 9.79. The first-order chi connectivity index (χ1) is 7.72. The molecule has 0 aliphatic carbocycles. The van der Waals surface area contributed by atoms with Gasteiger partial charge in [0.25, 0.3) is 0 Å². The van der Waals surface area contributed by atoms with Crippen molar-refractivity contribution < 1.29 is 9.84 Å². The van der Waals surface area contributed by atoms with Crippen LogP contribution >= 0.6 is 0 Å². The summed E-state index contributed by atoms with van der Waals surface area (Å²) in [6.07, 6.45) is -0.415. The number of aliphatic hydroxyl groups excluding tert-OH is 1. The van der Waals surface area contributed by atoms with Crippen LogP contribution in [0.3, 0.4) is 0 Å². The van der Waals surface area contributed by atoms with E-state index in [-0.39, 0.29) is 12.2 Å². The fourth-order valence-electron chi connectivity index (χ4n) is 2.28. The SMILES string of the molecule is CO[C@@H]1CN(C(C)c2ccccc2)C[C@H]1O. The summed E-state index contributed by atoms with van der Waals surface area (Å²) >= 11 is 0. The third-order valence-electron chi connectivity index (χ3n) is 3.40. The molecule has 0 bridgehead atoms. The second-order valence-corrected chi connectivity index (χ2v) is 4.38. The number of nitrogens with zero attached hydrogens (tertiary/aromatic N) is 1. The minimum Gasteiger partial charge on any atom is -0.389 e. The molecule has 1 aromatic rings. The molecule has 1 aromatic carbocycles. The standard InChI is InChI=1S/C13H19NO2/c1-10(11-6-4-3-5-7-11)14-8-12(15)13(9-14)16-2/h3-7,10,12-13,15H,8-9H2,1-2H3/t10?,12-,13-/m1/s1. The minimum absolute atomic E-state index is 0.0498. The Balaban J connectivity index is 2.04. The maximum Gasteiger partial charge on any atom is 0.0969 e. The average molecular weight is 221 g/mol. The molecule has 1 unspecified atom stereocenters. The molecule has 1 N–H and O–H groups in total. The van der Waals surface area contributed by atoms with Crippen molar-refractivity contribution in [3.05, 3.63) is 35.9 Å². The fraction of sp³-hybridized carbons (Fsp3) is 0.538. The van der Waals surface area contributed by atoms with Crippen LogP contribution in [0.2, 0.25) is 0 Å². The molecule has 0 saturated carbocycles. The summed E-state index contributed by atoms with van der Waals surface area (Å²) in [5.74, 6) is 0. The topological polar surface area (TPSA) is 32.7 Å². The molecule has 0 radical (unpaired) electrons. The van der Waals surface area contributed by atoms with Gasteiger partial charge in [-0.2, -0.15) is 0 Å². The van der Waals surface area contributed by atoms with Crippen LogP contribution in [0.15, 0.2) is 30.3 Å². The minimum atomic E-state index is -0.365. The van der Waals surface area contributed by atoms with Crippen molar-refractivity contribution in [2.24, 2.45) is 0 Å². The van der Waals surface area contributed by atoms with Crippen molar-refractivity contribution in [3.8, 4) is 0 Å². The van der Waals surface area contributed by atoms with E-state index in [1.54, 1.807) is 7.11 Å². The Morgan fingerprint density at radius 3 is 2.56 bits per heavy atom. The van der Waals surface area contributed by atoms with Gasteiger partial charge >= 0.3 is 0 Å². The zero-order chi connectivity index (χ0) is 11.5. The summed E-state index contributed by atoms with van der Waals surface area (Å²) < 4.78 is 5.25. The molecule has 3 atom stereocenters. The van der Waals surface area contributed by atoms with Gasteiger partial charge in [-0.25, -0.2) is 0 Å². The average Bonchev–Trinajstić information content (AvgIpc) is 2.71. The Morgan fingerprint density at radius 1 is 1.31 bits per heavy atom. The molecule has 2 rings (SSSR count). The Bertz CT molecular complexity index is 328. The molecule has 1 fully saturated rings. The molecule has 0 amide bonds. The highest BCUT2D eigenvalue weighted by Crippen LogP contribution is 2.25. The van der Waals surface area contributed by atoms with Gasteiger partial charge in [-0.1, -0.05) is 30.3 Å². The lowest BCUT2D eigenvalue weighted by molar-refractivity contribution is 0.0214. The number of benzene rings is 1. The van der Waals surface area contributed by atoms with Crippen LogP contribution < -0.4 is 0 Å². The highest BCUT2D eigenvalue weighted by molar-refractivity contribution is 5.18. The zero-order valence-electron chi connectivity index (χ0n) is 9.84. The third-order valence-corrected chi connectivity index (χ3v) is 3.40. The predicted molar refractivity (Wildman–Crippen MR) is 63.2 cm³/mol. The van der Waals surface area contributed by atoms with Crippen molar-refractivity contribution in [3.63, 3.8) is 0 Å². The van der Waals surface area contributed by atoms with E-state index in [4.69, 9.17) is 4.74 Å². The Hall–Kier alpha value is -0.900. The summed E-state index contributed by atoms with van der Waals surface area (Å²) in [4.78, 5) is 2.26. The number of likely N-dealkylation sites (tertiary alicyclic amines) is 1. The lowest BCUT2D eigenvalue weighted by Crippen LogP contribution is -2.26. The molecule has 16 heavy (non-hydrogen) atoms. The highest BCUT2D eigenvalue weighted by atomic mass is 16.5. The van der Waals surface area contributed by atoms with Crippen molar-refractivity contribution in [2.75, 3.05) is 20.2 Å². The van der Waals surface area contributed by atoms with Gasteiger partial charge in [-0.05, 0) is 12.5 Å². The van der Waals surface area contributed by atoms with E-state index >= 15 is 0 Å². The van der Waals surface area contributed by atoms with Crippen LogP contribution in [0.1, 0.15) is 18.5 Å². The van der Waals surface area contributed by atoms with Crippen molar-refractivity contribution in [2.45, 2.75) is 25.2 Å². The van der Waals surface area contributed by atoms with E-state index < -0.39 is 0 Å². The summed E-state index contributed by atoms with van der Waals surface area (Å²) in [7, 11) is 1.66. The lowest BCUT2D eigenvalue weighted by atomic mass is 10.1. The van der Waals surface area contributed by atoms with Gasteiger partial charge in [-0.15, -0.1) is 0 Å². The van der Waals surface area contributed by atoms with Crippen molar-refractivity contribution in [1.29, 1.82) is 0 Å². The van der Waals surface area contributed by atoms with Gasteiger partial charge in [-0.3, -0.25) is 4.90 Å². The monoisotopic (exact) mass is 221 g/mol. The molecular formula is C13H19NO2. The normalized spacial score (nSPS) is 28.2. The van der Waals surface area contributed by atoms with E-state index in [2.05, 4.69) is 24.0 Å². The summed E-state index contributed by atoms with van der Waals surface area (Å²) in [5, 5.41) is 9.79. The van der Waals surface area contributed by atoms with E-state index in [0.717, 1.165) is 6.54 Å². The van der Waals surface area contributed by atoms with E-state index in [1.807, 2.05) is 18.2 Å². The molecule has 88 valence electrons. The van der Waals surface area contributed by atoms with Crippen molar-refractivity contribution >= 4 is 0 Å². The van der Waals surface area contributed by atoms with Gasteiger partial charge in [0.15, 0.2) is 0 Å². The second-order valence-electron chi connectivity index (χ2n) is 4.38. The quantitative estimate of drug-likeness (QED) is 0.838. The zero-order valence-corrected chi connectivity index (χ0v) is 9.84. The molecule has 3 heteroatoms. The van der Waals surface area contributed by atoms with Gasteiger partial charge in [0, 0.05) is 26.2 Å². The predicted octanol–water partition coefficient (Wildman–Crippen LogP) is 1.44. The fourth-order valence-corrected chi connectivity index (χ4v) is 2.28. The number of aliphatic hydroxyl groups is 1. The number of hydrogen-bond acceptors (Lipinski definition) is 3. The number of rotatable bonds is 3. The molecule has 3 nitrogen and oxygen atoms in total. The number of ether oxygens (including phenoxy) is 1. The molecule has 0 spiro atoms.